The number of hydrogen-bond donors (Lipinski definition) is 2. The Bertz CT molecular complexity index is 858. The van der Waals surface area contributed by atoms with Crippen LogP contribution in [0.15, 0.2) is 54.9 Å². The van der Waals surface area contributed by atoms with Crippen LogP contribution in [0, 0.1) is 0 Å². The molecule has 0 aliphatic carbocycles. The van der Waals surface area contributed by atoms with E-state index in [0.717, 1.165) is 11.4 Å². The highest BCUT2D eigenvalue weighted by Crippen LogP contribution is 2.32. The van der Waals surface area contributed by atoms with E-state index < -0.39 is 0 Å². The lowest BCUT2D eigenvalue weighted by Crippen LogP contribution is -2.16. The summed E-state index contributed by atoms with van der Waals surface area (Å²) in [5.74, 6) is 1.93. The minimum absolute atomic E-state index is 0.183. The lowest BCUT2D eigenvalue weighted by molar-refractivity contribution is 0.102. The predicted octanol–water partition coefficient (Wildman–Crippen LogP) is 3.10. The van der Waals surface area contributed by atoms with Crippen LogP contribution in [0.25, 0.3) is 11.4 Å². The Morgan fingerprint density at radius 3 is 2.58 bits per heavy atom. The van der Waals surface area contributed by atoms with E-state index in [0.29, 0.717) is 36.0 Å². The summed E-state index contributed by atoms with van der Waals surface area (Å²) in [7, 11) is 0. The van der Waals surface area contributed by atoms with Gasteiger partial charge in [0.15, 0.2) is 11.5 Å². The third-order valence-electron chi connectivity index (χ3n) is 3.72. The molecule has 0 unspecified atom stereocenters. The Morgan fingerprint density at radius 2 is 1.83 bits per heavy atom. The SMILES string of the molecule is O=C(Nc1ccc2c(c1)OCCO2)c1ccc(-c2ncc[nH]2)cc1. The van der Waals surface area contributed by atoms with Gasteiger partial charge < -0.3 is 19.8 Å². The summed E-state index contributed by atoms with van der Waals surface area (Å²) in [4.78, 5) is 19.6. The number of aromatic nitrogens is 2. The average Bonchev–Trinajstić information content (AvgIpc) is 3.16. The number of fused-ring (bicyclic) bond motifs is 1. The van der Waals surface area contributed by atoms with Crippen molar-refractivity contribution >= 4 is 11.6 Å². The van der Waals surface area contributed by atoms with Gasteiger partial charge in [0.1, 0.15) is 19.0 Å². The number of hydrogen-bond acceptors (Lipinski definition) is 4. The highest BCUT2D eigenvalue weighted by Gasteiger charge is 2.13. The van der Waals surface area contributed by atoms with Crippen molar-refractivity contribution in [2.75, 3.05) is 18.5 Å². The first-order valence-corrected chi connectivity index (χ1v) is 7.60. The molecule has 1 aliphatic heterocycles. The van der Waals surface area contributed by atoms with Gasteiger partial charge in [0.2, 0.25) is 0 Å². The maximum absolute atomic E-state index is 12.4. The van der Waals surface area contributed by atoms with Crippen molar-refractivity contribution in [2.24, 2.45) is 0 Å². The van der Waals surface area contributed by atoms with Crippen LogP contribution >= 0.6 is 0 Å². The molecule has 2 heterocycles. The van der Waals surface area contributed by atoms with E-state index in [9.17, 15) is 4.79 Å². The van der Waals surface area contributed by atoms with Crippen LogP contribution in [0.1, 0.15) is 10.4 Å². The van der Waals surface area contributed by atoms with Gasteiger partial charge in [-0.15, -0.1) is 0 Å². The zero-order valence-electron chi connectivity index (χ0n) is 12.8. The Kier molecular flexibility index (Phi) is 3.63. The van der Waals surface area contributed by atoms with Crippen molar-refractivity contribution in [3.8, 4) is 22.9 Å². The first-order chi connectivity index (χ1) is 11.8. The molecule has 0 fully saturated rings. The summed E-state index contributed by atoms with van der Waals surface area (Å²) in [6.45, 7) is 1.05. The van der Waals surface area contributed by atoms with E-state index in [-0.39, 0.29) is 5.91 Å². The number of benzene rings is 2. The molecule has 3 aromatic rings. The van der Waals surface area contributed by atoms with E-state index in [4.69, 9.17) is 9.47 Å². The minimum Gasteiger partial charge on any atom is -0.486 e. The summed E-state index contributed by atoms with van der Waals surface area (Å²) in [5.41, 5.74) is 2.16. The fourth-order valence-electron chi connectivity index (χ4n) is 2.53. The second kappa shape index (κ2) is 6.08. The number of ether oxygens (including phenoxy) is 2. The number of imidazole rings is 1. The molecule has 2 aromatic carbocycles. The van der Waals surface area contributed by atoms with Crippen LogP contribution in [-0.4, -0.2) is 29.1 Å². The van der Waals surface area contributed by atoms with Gasteiger partial charge in [-0.3, -0.25) is 4.79 Å². The van der Waals surface area contributed by atoms with Crippen LogP contribution in [-0.2, 0) is 0 Å². The van der Waals surface area contributed by atoms with Crippen LogP contribution in [0.3, 0.4) is 0 Å². The van der Waals surface area contributed by atoms with Gasteiger partial charge in [-0.1, -0.05) is 12.1 Å². The van der Waals surface area contributed by atoms with E-state index in [1.807, 2.05) is 12.1 Å². The summed E-state index contributed by atoms with van der Waals surface area (Å²) in [5, 5.41) is 2.86. The molecule has 120 valence electrons. The van der Waals surface area contributed by atoms with Crippen LogP contribution in [0.4, 0.5) is 5.69 Å². The summed E-state index contributed by atoms with van der Waals surface area (Å²) in [6.07, 6.45) is 3.45. The first-order valence-electron chi connectivity index (χ1n) is 7.60. The highest BCUT2D eigenvalue weighted by atomic mass is 16.6. The van der Waals surface area contributed by atoms with Crippen molar-refractivity contribution in [1.29, 1.82) is 0 Å². The van der Waals surface area contributed by atoms with Crippen LogP contribution in [0.2, 0.25) is 0 Å². The first kappa shape index (κ1) is 14.3. The van der Waals surface area contributed by atoms with Gasteiger partial charge >= 0.3 is 0 Å². The molecule has 6 heteroatoms. The predicted molar refractivity (Wildman–Crippen MR) is 89.4 cm³/mol. The van der Waals surface area contributed by atoms with Crippen molar-refractivity contribution in [1.82, 2.24) is 9.97 Å². The topological polar surface area (TPSA) is 76.2 Å². The summed E-state index contributed by atoms with van der Waals surface area (Å²) < 4.78 is 11.0. The third-order valence-corrected chi connectivity index (χ3v) is 3.72. The Balaban J connectivity index is 1.50. The van der Waals surface area contributed by atoms with Gasteiger partial charge in [-0.25, -0.2) is 4.98 Å². The molecular weight excluding hydrogens is 306 g/mol. The van der Waals surface area contributed by atoms with Gasteiger partial charge in [0.25, 0.3) is 5.91 Å². The normalized spacial score (nSPS) is 12.7. The molecule has 1 aliphatic rings. The zero-order chi connectivity index (χ0) is 16.4. The quantitative estimate of drug-likeness (QED) is 0.777. The van der Waals surface area contributed by atoms with Gasteiger partial charge in [-0.05, 0) is 24.3 Å². The minimum atomic E-state index is -0.183. The highest BCUT2D eigenvalue weighted by molar-refractivity contribution is 6.04. The number of anilines is 1. The van der Waals surface area contributed by atoms with Crippen LogP contribution in [0.5, 0.6) is 11.5 Å². The number of amides is 1. The maximum Gasteiger partial charge on any atom is 0.255 e. The second-order valence-corrected chi connectivity index (χ2v) is 5.33. The van der Waals surface area contributed by atoms with Crippen molar-refractivity contribution < 1.29 is 14.3 Å². The second-order valence-electron chi connectivity index (χ2n) is 5.33. The monoisotopic (exact) mass is 321 g/mol. The number of carbonyl (C=O) groups excluding carboxylic acids is 1. The number of carbonyl (C=O) groups is 1. The largest absolute Gasteiger partial charge is 0.486 e. The smallest absolute Gasteiger partial charge is 0.255 e. The van der Waals surface area contributed by atoms with Crippen molar-refractivity contribution in [2.45, 2.75) is 0 Å². The van der Waals surface area contributed by atoms with E-state index >= 15 is 0 Å². The number of nitrogens with zero attached hydrogens (tertiary/aromatic N) is 1. The molecule has 0 saturated carbocycles. The Labute approximate surface area is 138 Å². The van der Waals surface area contributed by atoms with Crippen LogP contribution < -0.4 is 14.8 Å². The third kappa shape index (κ3) is 2.81. The molecule has 0 radical (unpaired) electrons. The molecule has 1 aromatic heterocycles. The molecule has 4 rings (SSSR count). The molecular formula is C18H15N3O3. The fraction of sp³-hybridized carbons (Fsp3) is 0.111. The lowest BCUT2D eigenvalue weighted by Gasteiger charge is -2.19. The van der Waals surface area contributed by atoms with Gasteiger partial charge in [0.05, 0.1) is 0 Å². The molecule has 2 N–H and O–H groups in total. The number of aromatic amines is 1. The van der Waals surface area contributed by atoms with E-state index in [1.54, 1.807) is 42.7 Å². The number of nitrogens with one attached hydrogen (secondary N) is 2. The Morgan fingerprint density at radius 1 is 1.04 bits per heavy atom. The standard InChI is InChI=1S/C18H15N3O3/c22-18(13-3-1-12(2-4-13)17-19-7-8-20-17)21-14-5-6-15-16(11-14)24-10-9-23-15/h1-8,11H,9-10H2,(H,19,20)(H,21,22). The summed E-state index contributed by atoms with van der Waals surface area (Å²) >= 11 is 0. The van der Waals surface area contributed by atoms with Gasteiger partial charge in [0, 0.05) is 35.3 Å². The Hall–Kier alpha value is -3.28. The van der Waals surface area contributed by atoms with Crippen molar-refractivity contribution in [3.05, 3.63) is 60.4 Å². The van der Waals surface area contributed by atoms with Gasteiger partial charge in [-0.2, -0.15) is 0 Å². The van der Waals surface area contributed by atoms with E-state index in [1.165, 1.54) is 0 Å². The lowest BCUT2D eigenvalue weighted by atomic mass is 10.1. The molecule has 0 atom stereocenters. The average molecular weight is 321 g/mol. The zero-order valence-corrected chi connectivity index (χ0v) is 12.8. The molecule has 0 saturated heterocycles. The molecule has 1 amide bonds. The van der Waals surface area contributed by atoms with E-state index in [2.05, 4.69) is 15.3 Å². The molecule has 24 heavy (non-hydrogen) atoms. The molecule has 6 nitrogen and oxygen atoms in total. The molecule has 0 bridgehead atoms. The molecule has 0 spiro atoms. The number of rotatable bonds is 3. The summed E-state index contributed by atoms with van der Waals surface area (Å²) in [6, 6.07) is 12.6. The number of H-pyrrole nitrogens is 1. The maximum atomic E-state index is 12.4. The van der Waals surface area contributed by atoms with Crippen molar-refractivity contribution in [3.63, 3.8) is 0 Å². The fourth-order valence-corrected chi connectivity index (χ4v) is 2.53.